The van der Waals surface area contributed by atoms with Gasteiger partial charge in [-0.15, -0.1) is 0 Å². The van der Waals surface area contributed by atoms with Gasteiger partial charge in [0, 0.05) is 25.6 Å². The van der Waals surface area contributed by atoms with Crippen LogP contribution in [0.25, 0.3) is 0 Å². The molecule has 1 N–H and O–H groups in total. The number of aryl methyl sites for hydroxylation is 1. The van der Waals surface area contributed by atoms with Gasteiger partial charge in [-0.2, -0.15) is 10.2 Å². The van der Waals surface area contributed by atoms with Crippen molar-refractivity contribution >= 4 is 11.7 Å². The van der Waals surface area contributed by atoms with E-state index in [1.54, 1.807) is 16.8 Å². The highest BCUT2D eigenvalue weighted by atomic mass is 16.2. The van der Waals surface area contributed by atoms with Crippen LogP contribution >= 0.6 is 0 Å². The number of carbonyl (C=O) groups is 1. The summed E-state index contributed by atoms with van der Waals surface area (Å²) in [7, 11) is 0. The van der Waals surface area contributed by atoms with E-state index in [0.29, 0.717) is 18.3 Å². The quantitative estimate of drug-likeness (QED) is 0.886. The third-order valence-electron chi connectivity index (χ3n) is 4.69. The van der Waals surface area contributed by atoms with Crippen molar-refractivity contribution in [2.45, 2.75) is 58.2 Å². The molecule has 0 unspecified atom stereocenters. The van der Waals surface area contributed by atoms with Crippen LogP contribution in [-0.4, -0.2) is 30.0 Å². The molecule has 2 aromatic heterocycles. The Morgan fingerprint density at radius 3 is 2.96 bits per heavy atom. The third kappa shape index (κ3) is 3.13. The second kappa shape index (κ2) is 6.26. The minimum Gasteiger partial charge on any atom is -0.309 e. The number of nitrogens with zero attached hydrogens (tertiary/aromatic N) is 5. The number of fused-ring (bicyclic) bond motifs is 1. The number of aromatic nitrogens is 5. The molecule has 4 rings (SSSR count). The van der Waals surface area contributed by atoms with Crippen molar-refractivity contribution in [3.05, 3.63) is 28.6 Å². The van der Waals surface area contributed by atoms with Crippen molar-refractivity contribution in [3.63, 3.8) is 0 Å². The lowest BCUT2D eigenvalue weighted by molar-refractivity contribution is -0.117. The van der Waals surface area contributed by atoms with Gasteiger partial charge in [0.2, 0.25) is 5.91 Å². The van der Waals surface area contributed by atoms with E-state index in [1.165, 1.54) is 17.5 Å². The molecule has 0 radical (unpaired) electrons. The molecule has 0 aromatic carbocycles. The zero-order chi connectivity index (χ0) is 16.5. The Kier molecular flexibility index (Phi) is 3.95. The summed E-state index contributed by atoms with van der Waals surface area (Å²) >= 11 is 0. The van der Waals surface area contributed by atoms with Gasteiger partial charge in [-0.1, -0.05) is 6.42 Å². The zero-order valence-corrected chi connectivity index (χ0v) is 13.6. The first-order chi connectivity index (χ1) is 11.7. The number of anilines is 1. The van der Waals surface area contributed by atoms with E-state index in [0.717, 1.165) is 38.1 Å². The standard InChI is InChI=1S/C16H22N6O2/c23-15(18-13-7-8-17-21(13)10-12-5-6-12)11-22-16(24)20-9-3-1-2-4-14(20)19-22/h7-8,12H,1-6,9-11H2,(H,18,23). The predicted octanol–water partition coefficient (Wildman–Crippen LogP) is 1.02. The molecule has 2 aromatic rings. The van der Waals surface area contributed by atoms with Crippen LogP contribution < -0.4 is 11.0 Å². The van der Waals surface area contributed by atoms with Gasteiger partial charge in [-0.3, -0.25) is 9.36 Å². The fourth-order valence-corrected chi connectivity index (χ4v) is 3.18. The summed E-state index contributed by atoms with van der Waals surface area (Å²) in [6.07, 6.45) is 8.09. The fourth-order valence-electron chi connectivity index (χ4n) is 3.18. The molecule has 0 spiro atoms. The largest absolute Gasteiger partial charge is 0.346 e. The SMILES string of the molecule is O=C(Cn1nc2n(c1=O)CCCCC2)Nc1ccnn1CC1CC1. The van der Waals surface area contributed by atoms with E-state index in [2.05, 4.69) is 15.5 Å². The van der Waals surface area contributed by atoms with Crippen molar-refractivity contribution in [2.75, 3.05) is 5.32 Å². The highest BCUT2D eigenvalue weighted by molar-refractivity contribution is 5.89. The highest BCUT2D eigenvalue weighted by Gasteiger charge is 2.23. The van der Waals surface area contributed by atoms with Crippen LogP contribution in [0.1, 0.15) is 37.9 Å². The molecular formula is C16H22N6O2. The van der Waals surface area contributed by atoms with Gasteiger partial charge >= 0.3 is 5.69 Å². The number of rotatable bonds is 5. The molecule has 1 aliphatic carbocycles. The lowest BCUT2D eigenvalue weighted by atomic mass is 10.2. The molecule has 24 heavy (non-hydrogen) atoms. The lowest BCUT2D eigenvalue weighted by Gasteiger charge is -2.08. The Balaban J connectivity index is 1.45. The van der Waals surface area contributed by atoms with Crippen molar-refractivity contribution in [1.29, 1.82) is 0 Å². The predicted molar refractivity (Wildman–Crippen MR) is 87.6 cm³/mol. The van der Waals surface area contributed by atoms with Crippen LogP contribution in [0.15, 0.2) is 17.1 Å². The van der Waals surface area contributed by atoms with E-state index in [4.69, 9.17) is 0 Å². The molecule has 0 bridgehead atoms. The Morgan fingerprint density at radius 1 is 1.25 bits per heavy atom. The van der Waals surface area contributed by atoms with Gasteiger partial charge in [0.05, 0.1) is 6.20 Å². The molecule has 0 atom stereocenters. The molecule has 128 valence electrons. The third-order valence-corrected chi connectivity index (χ3v) is 4.69. The van der Waals surface area contributed by atoms with Crippen LogP contribution in [0.4, 0.5) is 5.82 Å². The number of hydrogen-bond donors (Lipinski definition) is 1. The average Bonchev–Trinajstić information content (AvgIpc) is 3.26. The first-order valence-electron chi connectivity index (χ1n) is 8.69. The summed E-state index contributed by atoms with van der Waals surface area (Å²) in [5.74, 6) is 1.90. The van der Waals surface area contributed by atoms with Gasteiger partial charge in [0.1, 0.15) is 18.2 Å². The van der Waals surface area contributed by atoms with E-state index < -0.39 is 0 Å². The Morgan fingerprint density at radius 2 is 2.12 bits per heavy atom. The van der Waals surface area contributed by atoms with Crippen molar-refractivity contribution < 1.29 is 4.79 Å². The molecule has 8 heteroatoms. The summed E-state index contributed by atoms with van der Waals surface area (Å²) in [4.78, 5) is 24.7. The van der Waals surface area contributed by atoms with Gasteiger partial charge in [0.25, 0.3) is 0 Å². The van der Waals surface area contributed by atoms with E-state index in [-0.39, 0.29) is 18.1 Å². The second-order valence-electron chi connectivity index (χ2n) is 6.71. The number of amides is 1. The highest BCUT2D eigenvalue weighted by Crippen LogP contribution is 2.31. The van der Waals surface area contributed by atoms with Gasteiger partial charge in [-0.05, 0) is 31.6 Å². The minimum absolute atomic E-state index is 0.0621. The Hall–Kier alpha value is -2.38. The van der Waals surface area contributed by atoms with Crippen LogP contribution in [0.2, 0.25) is 0 Å². The van der Waals surface area contributed by atoms with Gasteiger partial charge in [0.15, 0.2) is 0 Å². The van der Waals surface area contributed by atoms with Crippen LogP contribution in [-0.2, 0) is 30.8 Å². The first kappa shape index (κ1) is 15.2. The van der Waals surface area contributed by atoms with E-state index in [9.17, 15) is 9.59 Å². The summed E-state index contributed by atoms with van der Waals surface area (Å²) in [5.41, 5.74) is -0.187. The molecule has 1 fully saturated rings. The maximum atomic E-state index is 12.4. The molecule has 0 saturated heterocycles. The monoisotopic (exact) mass is 330 g/mol. The van der Waals surface area contributed by atoms with Gasteiger partial charge in [-0.25, -0.2) is 14.2 Å². The molecule has 1 saturated carbocycles. The topological polar surface area (TPSA) is 86.7 Å². The zero-order valence-electron chi connectivity index (χ0n) is 13.6. The summed E-state index contributed by atoms with van der Waals surface area (Å²) in [5, 5.41) is 11.4. The van der Waals surface area contributed by atoms with Crippen LogP contribution in [0.3, 0.4) is 0 Å². The van der Waals surface area contributed by atoms with Crippen molar-refractivity contribution in [2.24, 2.45) is 5.92 Å². The number of carbonyl (C=O) groups excluding carboxylic acids is 1. The van der Waals surface area contributed by atoms with E-state index in [1.807, 2.05) is 4.68 Å². The van der Waals surface area contributed by atoms with E-state index >= 15 is 0 Å². The summed E-state index contributed by atoms with van der Waals surface area (Å²) in [6.45, 7) is 1.47. The van der Waals surface area contributed by atoms with Crippen molar-refractivity contribution in [3.8, 4) is 0 Å². The van der Waals surface area contributed by atoms with Crippen molar-refractivity contribution in [1.82, 2.24) is 24.1 Å². The average molecular weight is 330 g/mol. The molecule has 2 aliphatic rings. The number of hydrogen-bond acceptors (Lipinski definition) is 4. The normalized spacial score (nSPS) is 17.3. The Bertz CT molecular complexity index is 798. The van der Waals surface area contributed by atoms with Crippen LogP contribution in [0, 0.1) is 5.92 Å². The maximum absolute atomic E-state index is 12.4. The fraction of sp³-hybridized carbons (Fsp3) is 0.625. The van der Waals surface area contributed by atoms with Gasteiger partial charge < -0.3 is 5.32 Å². The maximum Gasteiger partial charge on any atom is 0.346 e. The molecule has 8 nitrogen and oxygen atoms in total. The summed E-state index contributed by atoms with van der Waals surface area (Å²) < 4.78 is 4.80. The molecule has 1 amide bonds. The Labute approximate surface area is 139 Å². The molecule has 1 aliphatic heterocycles. The smallest absolute Gasteiger partial charge is 0.309 e. The van der Waals surface area contributed by atoms with Crippen LogP contribution in [0.5, 0.6) is 0 Å². The number of nitrogens with one attached hydrogen (secondary N) is 1. The summed E-state index contributed by atoms with van der Waals surface area (Å²) in [6, 6.07) is 1.78. The first-order valence-corrected chi connectivity index (χ1v) is 8.69. The molecular weight excluding hydrogens is 308 g/mol. The minimum atomic E-state index is -0.247. The molecule has 3 heterocycles. The second-order valence-corrected chi connectivity index (χ2v) is 6.71. The lowest BCUT2D eigenvalue weighted by Crippen LogP contribution is -2.30.